The molecule has 3 aromatic carbocycles. The molecule has 0 spiro atoms. The van der Waals surface area contributed by atoms with Crippen LogP contribution in [0.25, 0.3) is 17.1 Å². The van der Waals surface area contributed by atoms with Crippen LogP contribution in [-0.2, 0) is 27.8 Å². The third-order valence-corrected chi connectivity index (χ3v) is 8.81. The third-order valence-electron chi connectivity index (χ3n) is 7.90. The molecule has 6 rings (SSSR count). The Kier molecular flexibility index (Phi) is 8.76. The molecule has 12 nitrogen and oxygen atoms in total. The zero-order chi connectivity index (χ0) is 31.6. The second-order valence-electron chi connectivity index (χ2n) is 10.9. The van der Waals surface area contributed by atoms with Crippen molar-refractivity contribution in [3.05, 3.63) is 83.7 Å². The number of morpholine rings is 1. The predicted molar refractivity (Wildman–Crippen MR) is 166 cm³/mol. The van der Waals surface area contributed by atoms with Crippen LogP contribution in [0.15, 0.2) is 71.9 Å². The van der Waals surface area contributed by atoms with Crippen LogP contribution in [0.5, 0.6) is 17.2 Å². The molecule has 0 atom stereocenters. The molecule has 0 saturated carbocycles. The van der Waals surface area contributed by atoms with E-state index in [4.69, 9.17) is 24.1 Å². The van der Waals surface area contributed by atoms with Crippen molar-refractivity contribution in [3.8, 4) is 34.3 Å². The van der Waals surface area contributed by atoms with Crippen molar-refractivity contribution in [1.29, 1.82) is 0 Å². The van der Waals surface area contributed by atoms with E-state index in [-0.39, 0.29) is 35.9 Å². The molecular weight excluding hydrogens is 598 g/mol. The summed E-state index contributed by atoms with van der Waals surface area (Å²) in [5.74, 6) is 1.58. The van der Waals surface area contributed by atoms with Crippen LogP contribution in [0.3, 0.4) is 0 Å². The number of nitrogens with zero attached hydrogens (tertiary/aromatic N) is 4. The number of methoxy groups -OCH3 is 2. The van der Waals surface area contributed by atoms with Crippen LogP contribution in [0.4, 0.5) is 0 Å². The highest BCUT2D eigenvalue weighted by Gasteiger charge is 2.24. The molecule has 3 heterocycles. The van der Waals surface area contributed by atoms with Crippen molar-refractivity contribution in [2.24, 2.45) is 5.14 Å². The molecule has 1 fully saturated rings. The highest BCUT2D eigenvalue weighted by atomic mass is 32.2. The average molecular weight is 634 g/mol. The summed E-state index contributed by atoms with van der Waals surface area (Å²) in [7, 11) is -1.07. The number of ether oxygens (including phenoxy) is 4. The van der Waals surface area contributed by atoms with E-state index in [0.29, 0.717) is 31.3 Å². The molecule has 4 aromatic rings. The summed E-state index contributed by atoms with van der Waals surface area (Å²) in [5, 5.41) is 5.40. The predicted octanol–water partition coefficient (Wildman–Crippen LogP) is 3.07. The number of imidazole rings is 1. The number of fused-ring (bicyclic) bond motifs is 7. The second kappa shape index (κ2) is 12.9. The van der Waals surface area contributed by atoms with Crippen LogP contribution in [0.2, 0.25) is 0 Å². The fourth-order valence-electron chi connectivity index (χ4n) is 5.68. The number of amides is 1. The number of primary sulfonamides is 1. The van der Waals surface area contributed by atoms with Gasteiger partial charge < -0.3 is 23.8 Å². The van der Waals surface area contributed by atoms with E-state index in [9.17, 15) is 13.2 Å². The summed E-state index contributed by atoms with van der Waals surface area (Å²) in [4.78, 5) is 22.6. The quantitative estimate of drug-likeness (QED) is 0.340. The van der Waals surface area contributed by atoms with E-state index in [1.165, 1.54) is 25.3 Å². The lowest BCUT2D eigenvalue weighted by Crippen LogP contribution is -2.36. The normalized spacial score (nSPS) is 15.6. The monoisotopic (exact) mass is 633 g/mol. The van der Waals surface area contributed by atoms with Crippen molar-refractivity contribution in [1.82, 2.24) is 19.4 Å². The number of carbonyl (C=O) groups is 1. The van der Waals surface area contributed by atoms with Crippen LogP contribution >= 0.6 is 0 Å². The van der Waals surface area contributed by atoms with Gasteiger partial charge in [0, 0.05) is 49.8 Å². The van der Waals surface area contributed by atoms with E-state index in [1.54, 1.807) is 18.2 Å². The number of benzene rings is 3. The molecule has 2 N–H and O–H groups in total. The van der Waals surface area contributed by atoms with Crippen molar-refractivity contribution in [3.63, 3.8) is 0 Å². The first-order chi connectivity index (χ1) is 21.7. The summed E-state index contributed by atoms with van der Waals surface area (Å²) in [5.41, 5.74) is 3.77. The average Bonchev–Trinajstić information content (AvgIpc) is 3.53. The van der Waals surface area contributed by atoms with Crippen LogP contribution in [0.1, 0.15) is 21.5 Å². The highest BCUT2D eigenvalue weighted by Crippen LogP contribution is 2.34. The summed E-state index contributed by atoms with van der Waals surface area (Å²) in [6.07, 6.45) is 3.66. The van der Waals surface area contributed by atoms with Gasteiger partial charge in [0.1, 0.15) is 18.2 Å². The van der Waals surface area contributed by atoms with Gasteiger partial charge in [-0.25, -0.2) is 18.5 Å². The molecule has 2 aliphatic heterocycles. The Bertz CT molecular complexity index is 1820. The fourth-order valence-corrected chi connectivity index (χ4v) is 6.22. The van der Waals surface area contributed by atoms with Gasteiger partial charge in [0.25, 0.3) is 5.91 Å². The van der Waals surface area contributed by atoms with E-state index in [0.717, 1.165) is 41.3 Å². The maximum atomic E-state index is 14.2. The summed E-state index contributed by atoms with van der Waals surface area (Å²) in [6, 6.07) is 15.9. The largest absolute Gasteiger partial charge is 0.496 e. The van der Waals surface area contributed by atoms with Gasteiger partial charge in [-0.2, -0.15) is 0 Å². The number of aromatic nitrogens is 2. The Hall–Kier alpha value is -4.43. The van der Waals surface area contributed by atoms with Crippen molar-refractivity contribution in [2.75, 3.05) is 53.7 Å². The molecule has 0 unspecified atom stereocenters. The van der Waals surface area contributed by atoms with Crippen molar-refractivity contribution < 1.29 is 32.2 Å². The molecule has 2 aliphatic rings. The first-order valence-corrected chi connectivity index (χ1v) is 16.1. The second-order valence-corrected chi connectivity index (χ2v) is 12.4. The summed E-state index contributed by atoms with van der Waals surface area (Å²) >= 11 is 0. The van der Waals surface area contributed by atoms with Crippen LogP contribution in [-0.4, -0.2) is 87.4 Å². The highest BCUT2D eigenvalue weighted by molar-refractivity contribution is 7.89. The van der Waals surface area contributed by atoms with Gasteiger partial charge in [0.05, 0.1) is 44.4 Å². The zero-order valence-electron chi connectivity index (χ0n) is 25.1. The third kappa shape index (κ3) is 6.66. The lowest BCUT2D eigenvalue weighted by Gasteiger charge is -2.28. The van der Waals surface area contributed by atoms with Gasteiger partial charge in [0.2, 0.25) is 10.0 Å². The molecule has 1 amide bonds. The molecule has 236 valence electrons. The molecule has 0 aliphatic carbocycles. The topological polar surface area (TPSA) is 138 Å². The Morgan fingerprint density at radius 1 is 0.956 bits per heavy atom. The Labute approximate surface area is 261 Å². The number of hydrogen-bond acceptors (Lipinski definition) is 9. The summed E-state index contributed by atoms with van der Waals surface area (Å²) in [6.45, 7) is 4.26. The van der Waals surface area contributed by atoms with Gasteiger partial charge in [0.15, 0.2) is 11.5 Å². The minimum Gasteiger partial charge on any atom is -0.496 e. The molecule has 45 heavy (non-hydrogen) atoms. The Morgan fingerprint density at radius 3 is 2.49 bits per heavy atom. The zero-order valence-corrected chi connectivity index (χ0v) is 26.0. The van der Waals surface area contributed by atoms with E-state index in [2.05, 4.69) is 22.0 Å². The van der Waals surface area contributed by atoms with Crippen LogP contribution < -0.4 is 19.3 Å². The molecule has 13 heteroatoms. The Balaban J connectivity index is 1.47. The maximum absolute atomic E-state index is 14.2. The minimum atomic E-state index is -4.06. The number of nitrogens with two attached hydrogens (primary N) is 1. The SMILES string of the molecule is COc1ccc2cc1OCCN(C(=O)c1cc(S(N)(=O)=O)ccc1OC)Cc1cc(CN3CCOCC3)cc(c1)-n1ccnc1-2. The first-order valence-electron chi connectivity index (χ1n) is 14.5. The summed E-state index contributed by atoms with van der Waals surface area (Å²) < 4.78 is 49.1. The van der Waals surface area contributed by atoms with Crippen molar-refractivity contribution in [2.45, 2.75) is 18.0 Å². The lowest BCUT2D eigenvalue weighted by atomic mass is 10.1. The molecule has 1 aromatic heterocycles. The van der Waals surface area contributed by atoms with Crippen LogP contribution in [0, 0.1) is 0 Å². The first kappa shape index (κ1) is 30.6. The van der Waals surface area contributed by atoms with Gasteiger partial charge in [-0.05, 0) is 59.7 Å². The van der Waals surface area contributed by atoms with E-state index < -0.39 is 15.9 Å². The lowest BCUT2D eigenvalue weighted by molar-refractivity contribution is 0.0341. The fraction of sp³-hybridized carbons (Fsp3) is 0.312. The number of rotatable bonds is 6. The minimum absolute atomic E-state index is 0.0782. The molecule has 1 saturated heterocycles. The van der Waals surface area contributed by atoms with Crippen molar-refractivity contribution >= 4 is 15.9 Å². The van der Waals surface area contributed by atoms with E-state index >= 15 is 0 Å². The van der Waals surface area contributed by atoms with Gasteiger partial charge in [-0.15, -0.1) is 0 Å². The number of carbonyl (C=O) groups excluding carboxylic acids is 1. The smallest absolute Gasteiger partial charge is 0.258 e. The molecule has 4 bridgehead atoms. The van der Waals surface area contributed by atoms with Gasteiger partial charge in [-0.1, -0.05) is 6.07 Å². The van der Waals surface area contributed by atoms with Gasteiger partial charge in [-0.3, -0.25) is 14.3 Å². The Morgan fingerprint density at radius 2 is 1.73 bits per heavy atom. The number of sulfonamides is 1. The maximum Gasteiger partial charge on any atom is 0.258 e. The molecule has 0 radical (unpaired) electrons. The standard InChI is InChI=1S/C32H35N5O7S/c1-41-28-6-4-26(45(33,39)40)19-27(28)32(38)36-11-14-44-30-18-24(3-5-29(30)42-2)31-34-7-8-37(31)25-16-22(15-23(17-25)21-36)20-35-9-12-43-13-10-35/h3-8,15-19H,9-14,20-21H2,1-2H3,(H2,33,39,40). The van der Waals surface area contributed by atoms with Gasteiger partial charge >= 0.3 is 0 Å². The van der Waals surface area contributed by atoms with E-state index in [1.807, 2.05) is 35.0 Å². The number of hydrogen-bond donors (Lipinski definition) is 1. The molecular formula is C32H35N5O7S.